The number of urea groups is 1. The third-order valence-electron chi connectivity index (χ3n) is 3.09. The summed E-state index contributed by atoms with van der Waals surface area (Å²) in [5.74, 6) is 0. The zero-order valence-electron chi connectivity index (χ0n) is 13.8. The van der Waals surface area contributed by atoms with E-state index in [9.17, 15) is 4.79 Å². The molecule has 0 unspecified atom stereocenters. The van der Waals surface area contributed by atoms with Crippen molar-refractivity contribution in [2.45, 2.75) is 39.5 Å². The van der Waals surface area contributed by atoms with Crippen molar-refractivity contribution < 1.29 is 9.53 Å². The molecule has 2 amide bonds. The van der Waals surface area contributed by atoms with Crippen molar-refractivity contribution in [2.24, 2.45) is 0 Å². The molecule has 0 spiro atoms. The van der Waals surface area contributed by atoms with Gasteiger partial charge in [-0.15, -0.1) is 11.3 Å². The second-order valence-corrected chi connectivity index (χ2v) is 7.00. The fourth-order valence-corrected chi connectivity index (χ4v) is 2.74. The maximum atomic E-state index is 12.0. The van der Waals surface area contributed by atoms with Gasteiger partial charge in [-0.3, -0.25) is 0 Å². The molecule has 1 heterocycles. The van der Waals surface area contributed by atoms with Gasteiger partial charge in [0.1, 0.15) is 5.01 Å². The van der Waals surface area contributed by atoms with Crippen molar-refractivity contribution in [1.29, 1.82) is 0 Å². The average molecular weight is 333 g/mol. The number of aryl methyl sites for hydroxylation is 1. The van der Waals surface area contributed by atoms with Crippen LogP contribution in [-0.2, 0) is 17.9 Å². The highest BCUT2D eigenvalue weighted by Gasteiger charge is 2.20. The molecule has 5 nitrogen and oxygen atoms in total. The van der Waals surface area contributed by atoms with Crippen LogP contribution in [0.2, 0.25) is 0 Å². The summed E-state index contributed by atoms with van der Waals surface area (Å²) in [6, 6.07) is 9.76. The Balaban J connectivity index is 1.70. The molecule has 2 N–H and O–H groups in total. The van der Waals surface area contributed by atoms with Gasteiger partial charge in [-0.25, -0.2) is 9.78 Å². The SMILES string of the molecule is Cc1csc(CNC(=O)NC(C)(C)COCc2ccccc2)n1. The van der Waals surface area contributed by atoms with Crippen LogP contribution in [0.1, 0.15) is 30.1 Å². The molecule has 0 saturated heterocycles. The van der Waals surface area contributed by atoms with Gasteiger partial charge in [0.25, 0.3) is 0 Å². The lowest BCUT2D eigenvalue weighted by atomic mass is 10.1. The highest BCUT2D eigenvalue weighted by molar-refractivity contribution is 7.09. The summed E-state index contributed by atoms with van der Waals surface area (Å²) in [6.45, 7) is 7.21. The van der Waals surface area contributed by atoms with Gasteiger partial charge < -0.3 is 15.4 Å². The molecule has 0 aliphatic heterocycles. The maximum Gasteiger partial charge on any atom is 0.315 e. The Morgan fingerprint density at radius 3 is 2.70 bits per heavy atom. The van der Waals surface area contributed by atoms with Crippen LogP contribution < -0.4 is 10.6 Å². The molecule has 0 fully saturated rings. The molecule has 1 aromatic carbocycles. The number of rotatable bonds is 7. The summed E-state index contributed by atoms with van der Waals surface area (Å²) in [5, 5.41) is 8.61. The Bertz CT molecular complexity index is 626. The number of benzene rings is 1. The van der Waals surface area contributed by atoms with Gasteiger partial charge in [-0.1, -0.05) is 30.3 Å². The van der Waals surface area contributed by atoms with E-state index in [0.29, 0.717) is 19.8 Å². The minimum absolute atomic E-state index is 0.217. The number of ether oxygens (including phenoxy) is 1. The summed E-state index contributed by atoms with van der Waals surface area (Å²) in [4.78, 5) is 16.3. The molecule has 6 heteroatoms. The van der Waals surface area contributed by atoms with Crippen LogP contribution in [0.3, 0.4) is 0 Å². The number of nitrogens with zero attached hydrogens (tertiary/aromatic N) is 1. The summed E-state index contributed by atoms with van der Waals surface area (Å²) in [6.07, 6.45) is 0. The van der Waals surface area contributed by atoms with Gasteiger partial charge in [-0.2, -0.15) is 0 Å². The van der Waals surface area contributed by atoms with Crippen molar-refractivity contribution in [3.8, 4) is 0 Å². The molecule has 1 aromatic heterocycles. The standard InChI is InChI=1S/C17H23N3O2S/c1-13-11-23-15(19-13)9-18-16(21)20-17(2,3)12-22-10-14-7-5-4-6-8-14/h4-8,11H,9-10,12H2,1-3H3,(H2,18,20,21). The van der Waals surface area contributed by atoms with Crippen molar-refractivity contribution in [3.05, 3.63) is 52.0 Å². The quantitative estimate of drug-likeness (QED) is 0.817. The van der Waals surface area contributed by atoms with Crippen molar-refractivity contribution in [1.82, 2.24) is 15.6 Å². The van der Waals surface area contributed by atoms with E-state index in [-0.39, 0.29) is 6.03 Å². The van der Waals surface area contributed by atoms with E-state index in [2.05, 4.69) is 15.6 Å². The third kappa shape index (κ3) is 6.38. The van der Waals surface area contributed by atoms with Crippen molar-refractivity contribution >= 4 is 17.4 Å². The monoisotopic (exact) mass is 333 g/mol. The smallest absolute Gasteiger partial charge is 0.315 e. The fraction of sp³-hybridized carbons (Fsp3) is 0.412. The molecule has 2 rings (SSSR count). The van der Waals surface area contributed by atoms with Gasteiger partial charge in [0.15, 0.2) is 0 Å². The van der Waals surface area contributed by atoms with Crippen LogP contribution in [0.4, 0.5) is 4.79 Å². The zero-order chi connectivity index (χ0) is 16.7. The van der Waals surface area contributed by atoms with E-state index in [1.807, 2.05) is 56.5 Å². The number of carbonyl (C=O) groups excluding carboxylic acids is 1. The minimum atomic E-state index is -0.447. The van der Waals surface area contributed by atoms with Crippen molar-refractivity contribution in [2.75, 3.05) is 6.61 Å². The van der Waals surface area contributed by atoms with E-state index in [1.54, 1.807) is 11.3 Å². The number of thiazole rings is 1. The maximum absolute atomic E-state index is 12.0. The second-order valence-electron chi connectivity index (χ2n) is 6.05. The van der Waals surface area contributed by atoms with Crippen LogP contribution in [0.5, 0.6) is 0 Å². The fourth-order valence-electron chi connectivity index (χ4n) is 2.03. The lowest BCUT2D eigenvalue weighted by Gasteiger charge is -2.26. The Labute approximate surface area is 141 Å². The molecule has 0 aliphatic rings. The van der Waals surface area contributed by atoms with Crippen LogP contribution in [0.25, 0.3) is 0 Å². The summed E-state index contributed by atoms with van der Waals surface area (Å²) >= 11 is 1.54. The summed E-state index contributed by atoms with van der Waals surface area (Å²) in [7, 11) is 0. The first-order chi connectivity index (χ1) is 10.9. The van der Waals surface area contributed by atoms with E-state index >= 15 is 0 Å². The summed E-state index contributed by atoms with van der Waals surface area (Å²) < 4.78 is 5.70. The highest BCUT2D eigenvalue weighted by atomic mass is 32.1. The normalized spacial score (nSPS) is 11.3. The largest absolute Gasteiger partial charge is 0.374 e. The van der Waals surface area contributed by atoms with Gasteiger partial charge in [0, 0.05) is 11.1 Å². The average Bonchev–Trinajstić information content (AvgIpc) is 2.91. The molecular weight excluding hydrogens is 310 g/mol. The van der Waals surface area contributed by atoms with Gasteiger partial charge >= 0.3 is 6.03 Å². The lowest BCUT2D eigenvalue weighted by Crippen LogP contribution is -2.50. The van der Waals surface area contributed by atoms with Gasteiger partial charge in [-0.05, 0) is 26.3 Å². The number of aromatic nitrogens is 1. The Morgan fingerprint density at radius 1 is 1.30 bits per heavy atom. The topological polar surface area (TPSA) is 63.2 Å². The van der Waals surface area contributed by atoms with Gasteiger partial charge in [0.2, 0.25) is 0 Å². The Morgan fingerprint density at radius 2 is 2.04 bits per heavy atom. The molecular formula is C17H23N3O2S. The summed E-state index contributed by atoms with van der Waals surface area (Å²) in [5.41, 5.74) is 1.64. The zero-order valence-corrected chi connectivity index (χ0v) is 14.6. The van der Waals surface area contributed by atoms with Crippen LogP contribution in [0, 0.1) is 6.92 Å². The number of hydrogen-bond acceptors (Lipinski definition) is 4. The van der Waals surface area contributed by atoms with Crippen LogP contribution >= 0.6 is 11.3 Å². The van der Waals surface area contributed by atoms with E-state index in [0.717, 1.165) is 16.3 Å². The van der Waals surface area contributed by atoms with Crippen LogP contribution in [0.15, 0.2) is 35.7 Å². The molecule has 23 heavy (non-hydrogen) atoms. The number of carbonyl (C=O) groups is 1. The first-order valence-corrected chi connectivity index (χ1v) is 8.41. The second kappa shape index (κ2) is 8.08. The number of amides is 2. The molecule has 0 saturated carbocycles. The molecule has 124 valence electrons. The minimum Gasteiger partial charge on any atom is -0.374 e. The number of nitrogens with one attached hydrogen (secondary N) is 2. The third-order valence-corrected chi connectivity index (χ3v) is 4.06. The number of hydrogen-bond donors (Lipinski definition) is 2. The van der Waals surface area contributed by atoms with E-state index < -0.39 is 5.54 Å². The first kappa shape index (κ1) is 17.4. The van der Waals surface area contributed by atoms with Crippen LogP contribution in [-0.4, -0.2) is 23.2 Å². The Kier molecular flexibility index (Phi) is 6.12. The molecule has 0 bridgehead atoms. The predicted octanol–water partition coefficient (Wildman–Crippen LogP) is 3.25. The Hall–Kier alpha value is -1.92. The molecule has 0 aliphatic carbocycles. The lowest BCUT2D eigenvalue weighted by molar-refractivity contribution is 0.0743. The van der Waals surface area contributed by atoms with E-state index in [4.69, 9.17) is 4.74 Å². The molecule has 0 radical (unpaired) electrons. The first-order valence-electron chi connectivity index (χ1n) is 7.53. The molecule has 2 aromatic rings. The van der Waals surface area contributed by atoms with Crippen molar-refractivity contribution in [3.63, 3.8) is 0 Å². The predicted molar refractivity (Wildman–Crippen MR) is 92.4 cm³/mol. The molecule has 0 atom stereocenters. The highest BCUT2D eigenvalue weighted by Crippen LogP contribution is 2.09. The van der Waals surface area contributed by atoms with Gasteiger partial charge in [0.05, 0.1) is 25.3 Å². The van der Waals surface area contributed by atoms with E-state index in [1.165, 1.54) is 0 Å².